The van der Waals surface area contributed by atoms with Gasteiger partial charge in [0.25, 0.3) is 0 Å². The molecule has 0 bridgehead atoms. The number of aromatic carboxylic acids is 1. The number of fused-ring (bicyclic) bond motifs is 1. The third-order valence-electron chi connectivity index (χ3n) is 6.62. The molecule has 1 saturated carbocycles. The zero-order chi connectivity index (χ0) is 22.1. The van der Waals surface area contributed by atoms with Crippen LogP contribution in [-0.2, 0) is 11.3 Å². The van der Waals surface area contributed by atoms with E-state index in [4.69, 9.17) is 4.42 Å². The van der Waals surface area contributed by atoms with E-state index in [1.807, 2.05) is 30.5 Å². The predicted octanol–water partition coefficient (Wildman–Crippen LogP) is 5.51. The first kappa shape index (κ1) is 21.2. The number of carboxylic acids is 1. The van der Waals surface area contributed by atoms with Crippen LogP contribution in [0.1, 0.15) is 67.8 Å². The second-order valence-electron chi connectivity index (χ2n) is 8.83. The van der Waals surface area contributed by atoms with Crippen LogP contribution in [0.4, 0.5) is 0 Å². The summed E-state index contributed by atoms with van der Waals surface area (Å²) < 4.78 is 7.41. The van der Waals surface area contributed by atoms with Gasteiger partial charge < -0.3 is 19.0 Å². The third-order valence-corrected chi connectivity index (χ3v) is 6.62. The van der Waals surface area contributed by atoms with E-state index in [-0.39, 0.29) is 24.1 Å². The van der Waals surface area contributed by atoms with E-state index in [1.165, 1.54) is 24.8 Å². The van der Waals surface area contributed by atoms with Crippen molar-refractivity contribution in [2.45, 2.75) is 64.5 Å². The number of amides is 1. The molecule has 2 aromatic heterocycles. The lowest BCUT2D eigenvalue weighted by atomic mass is 9.82. The van der Waals surface area contributed by atoms with Crippen molar-refractivity contribution in [3.05, 3.63) is 47.9 Å². The Morgan fingerprint density at radius 1 is 1.19 bits per heavy atom. The first-order valence-electron chi connectivity index (χ1n) is 11.1. The Kier molecular flexibility index (Phi) is 5.90. The van der Waals surface area contributed by atoms with Gasteiger partial charge in [-0.15, -0.1) is 0 Å². The highest BCUT2D eigenvalue weighted by atomic mass is 16.4. The van der Waals surface area contributed by atoms with Gasteiger partial charge in [-0.05, 0) is 56.4 Å². The number of nitrogens with zero attached hydrogens (tertiary/aromatic N) is 2. The minimum atomic E-state index is -0.968. The third kappa shape index (κ3) is 3.99. The van der Waals surface area contributed by atoms with Crippen molar-refractivity contribution in [3.63, 3.8) is 0 Å². The quantitative estimate of drug-likeness (QED) is 0.568. The molecule has 4 rings (SSSR count). The Labute approximate surface area is 182 Å². The fourth-order valence-corrected chi connectivity index (χ4v) is 4.72. The van der Waals surface area contributed by atoms with Crippen molar-refractivity contribution in [1.82, 2.24) is 9.47 Å². The molecule has 0 spiro atoms. The van der Waals surface area contributed by atoms with Crippen LogP contribution in [-0.4, -0.2) is 39.5 Å². The summed E-state index contributed by atoms with van der Waals surface area (Å²) in [6.45, 7) is 4.12. The molecule has 6 nitrogen and oxygen atoms in total. The van der Waals surface area contributed by atoms with Crippen LogP contribution in [0.5, 0.6) is 0 Å². The fraction of sp³-hybridized carbons (Fsp3) is 0.440. The highest BCUT2D eigenvalue weighted by molar-refractivity contribution is 5.99. The molecule has 0 unspecified atom stereocenters. The number of carboxylic acid groups (broad SMARTS) is 1. The molecule has 1 fully saturated rings. The predicted molar refractivity (Wildman–Crippen MR) is 120 cm³/mol. The molecule has 1 aliphatic carbocycles. The molecule has 164 valence electrons. The van der Waals surface area contributed by atoms with Crippen LogP contribution < -0.4 is 0 Å². The molecular formula is C25H30N2O4. The second-order valence-corrected chi connectivity index (χ2v) is 8.83. The molecule has 1 N–H and O–H groups in total. The summed E-state index contributed by atoms with van der Waals surface area (Å²) in [6, 6.07) is 7.29. The molecule has 2 heterocycles. The highest BCUT2D eigenvalue weighted by Crippen LogP contribution is 2.44. The Morgan fingerprint density at radius 3 is 2.55 bits per heavy atom. The molecular weight excluding hydrogens is 392 g/mol. The smallest absolute Gasteiger partial charge is 0.335 e. The highest BCUT2D eigenvalue weighted by Gasteiger charge is 2.28. The maximum absolute atomic E-state index is 13.1. The number of hydrogen-bond acceptors (Lipinski definition) is 3. The molecule has 0 atom stereocenters. The van der Waals surface area contributed by atoms with E-state index in [9.17, 15) is 14.7 Å². The zero-order valence-corrected chi connectivity index (χ0v) is 18.4. The van der Waals surface area contributed by atoms with Crippen molar-refractivity contribution < 1.29 is 19.1 Å². The molecule has 0 aliphatic heterocycles. The lowest BCUT2D eigenvalue weighted by Crippen LogP contribution is -2.35. The largest absolute Gasteiger partial charge is 0.478 e. The van der Waals surface area contributed by atoms with Gasteiger partial charge in [-0.25, -0.2) is 4.79 Å². The van der Waals surface area contributed by atoms with Crippen molar-refractivity contribution in [2.24, 2.45) is 0 Å². The average Bonchev–Trinajstić information content (AvgIpc) is 3.39. The normalized spacial score (nSPS) is 15.0. The molecule has 1 aromatic carbocycles. The van der Waals surface area contributed by atoms with Gasteiger partial charge in [-0.3, -0.25) is 4.79 Å². The van der Waals surface area contributed by atoms with Crippen LogP contribution in [0, 0.1) is 0 Å². The Morgan fingerprint density at radius 2 is 1.94 bits per heavy atom. The Hall–Kier alpha value is -3.02. The number of furan rings is 1. The van der Waals surface area contributed by atoms with Crippen molar-refractivity contribution in [2.75, 3.05) is 7.05 Å². The fourth-order valence-electron chi connectivity index (χ4n) is 4.72. The number of aromatic nitrogens is 1. The molecule has 1 aliphatic rings. The number of benzene rings is 1. The minimum absolute atomic E-state index is 0.00688. The van der Waals surface area contributed by atoms with Gasteiger partial charge in [-0.2, -0.15) is 0 Å². The summed E-state index contributed by atoms with van der Waals surface area (Å²) in [5.41, 5.74) is 4.14. The number of rotatable bonds is 6. The number of hydrogen-bond donors (Lipinski definition) is 1. The van der Waals surface area contributed by atoms with E-state index in [0.29, 0.717) is 5.92 Å². The average molecular weight is 423 g/mol. The van der Waals surface area contributed by atoms with Crippen LogP contribution in [0.2, 0.25) is 0 Å². The van der Waals surface area contributed by atoms with Crippen LogP contribution in [0.3, 0.4) is 0 Å². The molecule has 0 saturated heterocycles. The van der Waals surface area contributed by atoms with Gasteiger partial charge in [0.1, 0.15) is 6.54 Å². The maximum atomic E-state index is 13.1. The Balaban J connectivity index is 1.97. The first-order chi connectivity index (χ1) is 14.9. The summed E-state index contributed by atoms with van der Waals surface area (Å²) in [5.74, 6) is -0.590. The Bertz CT molecular complexity index is 1090. The minimum Gasteiger partial charge on any atom is -0.478 e. The SMILES string of the molecule is CC(C)N(C)C(=O)Cn1c(-c2ccoc2)c(C2CCCCC2)c2ccc(C(=O)O)cc21. The van der Waals surface area contributed by atoms with Gasteiger partial charge in [0.15, 0.2) is 0 Å². The monoisotopic (exact) mass is 422 g/mol. The standard InChI is InChI=1S/C25H30N2O4/c1-16(2)26(3)22(28)14-27-21-13-18(25(29)30)9-10-20(21)23(17-7-5-4-6-8-17)24(27)19-11-12-31-15-19/h9-13,15-17H,4-8,14H2,1-3H3,(H,29,30). The van der Waals surface area contributed by atoms with Crippen molar-refractivity contribution >= 4 is 22.8 Å². The number of carbonyl (C=O) groups excluding carboxylic acids is 1. The van der Waals surface area contributed by atoms with Gasteiger partial charge in [0.05, 0.1) is 29.3 Å². The van der Waals surface area contributed by atoms with E-state index < -0.39 is 5.97 Å². The zero-order valence-electron chi connectivity index (χ0n) is 18.4. The van der Waals surface area contributed by atoms with Crippen molar-refractivity contribution in [1.29, 1.82) is 0 Å². The maximum Gasteiger partial charge on any atom is 0.335 e. The molecule has 3 aromatic rings. The second kappa shape index (κ2) is 8.61. The van der Waals surface area contributed by atoms with Crippen LogP contribution in [0.15, 0.2) is 41.2 Å². The lowest BCUT2D eigenvalue weighted by molar-refractivity contribution is -0.131. The molecule has 31 heavy (non-hydrogen) atoms. The van der Waals surface area contributed by atoms with Gasteiger partial charge in [0, 0.05) is 24.0 Å². The van der Waals surface area contributed by atoms with E-state index in [0.717, 1.165) is 35.0 Å². The molecule has 6 heteroatoms. The summed E-state index contributed by atoms with van der Waals surface area (Å²) in [6.07, 6.45) is 9.18. The van der Waals surface area contributed by atoms with Gasteiger partial charge >= 0.3 is 5.97 Å². The first-order valence-corrected chi connectivity index (χ1v) is 11.1. The van der Waals surface area contributed by atoms with Gasteiger partial charge in [0.2, 0.25) is 5.91 Å². The summed E-state index contributed by atoms with van der Waals surface area (Å²) in [7, 11) is 1.81. The lowest BCUT2D eigenvalue weighted by Gasteiger charge is -2.24. The van der Waals surface area contributed by atoms with E-state index in [2.05, 4.69) is 0 Å². The van der Waals surface area contributed by atoms with Crippen molar-refractivity contribution in [3.8, 4) is 11.3 Å². The van der Waals surface area contributed by atoms with E-state index in [1.54, 1.807) is 36.6 Å². The van der Waals surface area contributed by atoms with E-state index >= 15 is 0 Å². The number of likely N-dealkylation sites (N-methyl/N-ethyl adjacent to an activating group) is 1. The summed E-state index contributed by atoms with van der Waals surface area (Å²) in [5, 5.41) is 10.6. The summed E-state index contributed by atoms with van der Waals surface area (Å²) >= 11 is 0. The van der Waals surface area contributed by atoms with Crippen LogP contribution in [0.25, 0.3) is 22.2 Å². The molecule has 0 radical (unpaired) electrons. The van der Waals surface area contributed by atoms with Crippen LogP contribution >= 0.6 is 0 Å². The topological polar surface area (TPSA) is 75.7 Å². The molecule has 1 amide bonds. The summed E-state index contributed by atoms with van der Waals surface area (Å²) in [4.78, 5) is 26.5. The number of carbonyl (C=O) groups is 2. The van der Waals surface area contributed by atoms with Gasteiger partial charge in [-0.1, -0.05) is 25.3 Å².